The van der Waals surface area contributed by atoms with Gasteiger partial charge in [-0.3, -0.25) is 14.7 Å². The van der Waals surface area contributed by atoms with Crippen LogP contribution < -0.4 is 5.32 Å². The zero-order valence-corrected chi connectivity index (χ0v) is 11.1. The lowest BCUT2D eigenvalue weighted by Gasteiger charge is -2.25. The Morgan fingerprint density at radius 2 is 2.00 bits per heavy atom. The fraction of sp³-hybridized carbons (Fsp3) is 0.357. The zero-order valence-electron chi connectivity index (χ0n) is 11.1. The number of carbonyl (C=O) groups excluding carboxylic acids is 2. The molecule has 1 aromatic carbocycles. The predicted molar refractivity (Wildman–Crippen MR) is 75.2 cm³/mol. The van der Waals surface area contributed by atoms with Crippen molar-refractivity contribution in [3.63, 3.8) is 0 Å². The van der Waals surface area contributed by atoms with Crippen molar-refractivity contribution in [1.29, 1.82) is 0 Å². The molecule has 1 aliphatic rings. The summed E-state index contributed by atoms with van der Waals surface area (Å²) in [5.74, 6) is -1.03. The number of hydrogen-bond acceptors (Lipinski definition) is 3. The summed E-state index contributed by atoms with van der Waals surface area (Å²) in [5, 5.41) is 10.4. The van der Waals surface area contributed by atoms with Crippen molar-refractivity contribution in [1.82, 2.24) is 15.1 Å². The Labute approximate surface area is 116 Å². The average molecular weight is 272 g/mol. The van der Waals surface area contributed by atoms with Gasteiger partial charge in [0.25, 0.3) is 0 Å². The van der Waals surface area contributed by atoms with Crippen LogP contribution in [0.3, 0.4) is 0 Å². The monoisotopic (exact) mass is 272 g/mol. The molecule has 2 N–H and O–H groups in total. The zero-order chi connectivity index (χ0) is 13.9. The quantitative estimate of drug-likeness (QED) is 0.772. The number of fused-ring (bicyclic) bond motifs is 1. The van der Waals surface area contributed by atoms with Gasteiger partial charge in [-0.2, -0.15) is 5.10 Å². The van der Waals surface area contributed by atoms with E-state index >= 15 is 0 Å². The molecule has 0 unspecified atom stereocenters. The van der Waals surface area contributed by atoms with Crippen molar-refractivity contribution in [3.05, 3.63) is 24.4 Å². The molecule has 104 valence electrons. The Hall–Kier alpha value is -2.37. The summed E-state index contributed by atoms with van der Waals surface area (Å²) in [6, 6.07) is 5.38. The van der Waals surface area contributed by atoms with Gasteiger partial charge in [0.05, 0.1) is 11.7 Å². The van der Waals surface area contributed by atoms with Gasteiger partial charge in [0.15, 0.2) is 0 Å². The maximum absolute atomic E-state index is 12.0. The van der Waals surface area contributed by atoms with Gasteiger partial charge >= 0.3 is 11.8 Å². The standard InChI is InChI=1S/C14H16N4O2/c19-13(14(20)18-6-2-1-3-7-18)16-11-5-4-10-9-15-17-12(10)8-11/h4-5,8-9H,1-3,6-7H2,(H,15,17)(H,16,19). The van der Waals surface area contributed by atoms with Gasteiger partial charge in [0.2, 0.25) is 0 Å². The third-order valence-corrected chi connectivity index (χ3v) is 3.54. The summed E-state index contributed by atoms with van der Waals surface area (Å²) >= 11 is 0. The summed E-state index contributed by atoms with van der Waals surface area (Å²) < 4.78 is 0. The molecule has 6 nitrogen and oxygen atoms in total. The number of H-pyrrole nitrogens is 1. The van der Waals surface area contributed by atoms with Crippen LogP contribution in [0.4, 0.5) is 5.69 Å². The molecule has 6 heteroatoms. The van der Waals surface area contributed by atoms with E-state index in [0.29, 0.717) is 18.8 Å². The molecule has 0 aliphatic carbocycles. The largest absolute Gasteiger partial charge is 0.334 e. The maximum Gasteiger partial charge on any atom is 0.313 e. The lowest BCUT2D eigenvalue weighted by atomic mass is 10.1. The Kier molecular flexibility index (Phi) is 3.37. The second-order valence-corrected chi connectivity index (χ2v) is 4.98. The minimum atomic E-state index is -0.578. The van der Waals surface area contributed by atoms with E-state index in [-0.39, 0.29) is 0 Å². The molecule has 1 saturated heterocycles. The highest BCUT2D eigenvalue weighted by molar-refractivity contribution is 6.39. The summed E-state index contributed by atoms with van der Waals surface area (Å²) in [6.45, 7) is 1.34. The number of hydrogen-bond donors (Lipinski definition) is 2. The minimum Gasteiger partial charge on any atom is -0.334 e. The van der Waals surface area contributed by atoms with E-state index in [2.05, 4.69) is 15.5 Å². The van der Waals surface area contributed by atoms with Crippen molar-refractivity contribution < 1.29 is 9.59 Å². The van der Waals surface area contributed by atoms with Crippen LogP contribution in [-0.2, 0) is 9.59 Å². The number of amides is 2. The number of aromatic nitrogens is 2. The summed E-state index contributed by atoms with van der Waals surface area (Å²) in [6.07, 6.45) is 4.78. The lowest BCUT2D eigenvalue weighted by molar-refractivity contribution is -0.143. The molecule has 0 atom stereocenters. The molecule has 2 aromatic rings. The molecule has 2 heterocycles. The van der Waals surface area contributed by atoms with Gasteiger partial charge < -0.3 is 10.2 Å². The first-order valence-corrected chi connectivity index (χ1v) is 6.77. The van der Waals surface area contributed by atoms with E-state index in [1.807, 2.05) is 6.07 Å². The van der Waals surface area contributed by atoms with Gasteiger partial charge in [0.1, 0.15) is 0 Å². The molecule has 1 aromatic heterocycles. The van der Waals surface area contributed by atoms with E-state index in [1.54, 1.807) is 23.2 Å². The summed E-state index contributed by atoms with van der Waals surface area (Å²) in [5.41, 5.74) is 1.42. The molecule has 1 fully saturated rings. The highest BCUT2D eigenvalue weighted by Crippen LogP contribution is 2.17. The molecule has 0 saturated carbocycles. The van der Waals surface area contributed by atoms with Crippen LogP contribution in [0.5, 0.6) is 0 Å². The van der Waals surface area contributed by atoms with Crippen molar-refractivity contribution in [2.24, 2.45) is 0 Å². The first-order chi connectivity index (χ1) is 9.74. The topological polar surface area (TPSA) is 78.1 Å². The maximum atomic E-state index is 12.0. The van der Waals surface area contributed by atoms with Crippen LogP contribution >= 0.6 is 0 Å². The first-order valence-electron chi connectivity index (χ1n) is 6.77. The predicted octanol–water partition coefficient (Wildman–Crippen LogP) is 1.51. The number of nitrogens with one attached hydrogen (secondary N) is 2. The minimum absolute atomic E-state index is 0.450. The van der Waals surface area contributed by atoms with E-state index in [1.165, 1.54) is 0 Å². The number of piperidine rings is 1. The van der Waals surface area contributed by atoms with E-state index in [4.69, 9.17) is 0 Å². The van der Waals surface area contributed by atoms with Gasteiger partial charge in [-0.25, -0.2) is 0 Å². The highest BCUT2D eigenvalue weighted by Gasteiger charge is 2.23. The Morgan fingerprint density at radius 3 is 2.80 bits per heavy atom. The number of benzene rings is 1. The molecule has 0 spiro atoms. The van der Waals surface area contributed by atoms with Crippen LogP contribution in [0.2, 0.25) is 0 Å². The third-order valence-electron chi connectivity index (χ3n) is 3.54. The summed E-state index contributed by atoms with van der Waals surface area (Å²) in [4.78, 5) is 25.6. The number of nitrogens with zero attached hydrogens (tertiary/aromatic N) is 2. The molecule has 0 bridgehead atoms. The molecule has 0 radical (unpaired) electrons. The molecule has 1 aliphatic heterocycles. The third kappa shape index (κ3) is 2.49. The van der Waals surface area contributed by atoms with Crippen LogP contribution in [0.25, 0.3) is 10.9 Å². The number of likely N-dealkylation sites (tertiary alicyclic amines) is 1. The summed E-state index contributed by atoms with van der Waals surface area (Å²) in [7, 11) is 0. The number of rotatable bonds is 1. The van der Waals surface area contributed by atoms with Crippen molar-refractivity contribution in [2.45, 2.75) is 19.3 Å². The number of aromatic amines is 1. The number of carbonyl (C=O) groups is 2. The van der Waals surface area contributed by atoms with Gasteiger partial charge in [-0.15, -0.1) is 0 Å². The smallest absolute Gasteiger partial charge is 0.313 e. The Morgan fingerprint density at radius 1 is 1.20 bits per heavy atom. The van der Waals surface area contributed by atoms with Crippen LogP contribution in [-0.4, -0.2) is 40.0 Å². The van der Waals surface area contributed by atoms with Crippen LogP contribution in [0, 0.1) is 0 Å². The fourth-order valence-electron chi connectivity index (χ4n) is 2.44. The molecule has 3 rings (SSSR count). The molecule has 20 heavy (non-hydrogen) atoms. The second kappa shape index (κ2) is 5.32. The second-order valence-electron chi connectivity index (χ2n) is 4.98. The Bertz CT molecular complexity index is 643. The normalized spacial score (nSPS) is 15.3. The molecular formula is C14H16N4O2. The number of anilines is 1. The van der Waals surface area contributed by atoms with Gasteiger partial charge in [-0.1, -0.05) is 0 Å². The highest BCUT2D eigenvalue weighted by atomic mass is 16.2. The Balaban J connectivity index is 1.69. The van der Waals surface area contributed by atoms with Crippen LogP contribution in [0.1, 0.15) is 19.3 Å². The molecule has 2 amide bonds. The van der Waals surface area contributed by atoms with Gasteiger partial charge in [-0.05, 0) is 37.5 Å². The van der Waals surface area contributed by atoms with E-state index in [0.717, 1.165) is 30.2 Å². The lowest BCUT2D eigenvalue weighted by Crippen LogP contribution is -2.42. The van der Waals surface area contributed by atoms with Crippen molar-refractivity contribution in [2.75, 3.05) is 18.4 Å². The molecular weight excluding hydrogens is 256 g/mol. The van der Waals surface area contributed by atoms with Crippen molar-refractivity contribution >= 4 is 28.4 Å². The van der Waals surface area contributed by atoms with Gasteiger partial charge in [0, 0.05) is 24.2 Å². The van der Waals surface area contributed by atoms with E-state index in [9.17, 15) is 9.59 Å². The van der Waals surface area contributed by atoms with E-state index < -0.39 is 11.8 Å². The fourth-order valence-corrected chi connectivity index (χ4v) is 2.44. The SMILES string of the molecule is O=C(Nc1ccc2cn[nH]c2c1)C(=O)N1CCCCC1. The average Bonchev–Trinajstić information content (AvgIpc) is 2.95. The van der Waals surface area contributed by atoms with Crippen molar-refractivity contribution in [3.8, 4) is 0 Å². The first kappa shape index (κ1) is 12.7. The van der Waals surface area contributed by atoms with Crippen LogP contribution in [0.15, 0.2) is 24.4 Å².